The maximum atomic E-state index is 11.6. The zero-order valence-electron chi connectivity index (χ0n) is 8.52. The van der Waals surface area contributed by atoms with E-state index in [0.29, 0.717) is 0 Å². The van der Waals surface area contributed by atoms with Crippen LogP contribution in [0, 0.1) is 16.7 Å². The molecule has 0 aromatic heterocycles. The molecular weight excluding hydrogens is 192 g/mol. The van der Waals surface area contributed by atoms with Gasteiger partial charge in [0.15, 0.2) is 0 Å². The van der Waals surface area contributed by atoms with Crippen molar-refractivity contribution in [3.8, 4) is 0 Å². The summed E-state index contributed by atoms with van der Waals surface area (Å²) in [6.07, 6.45) is 1.81. The number of ketones is 2. The molecule has 2 radical (unpaired) electrons. The third kappa shape index (κ3) is 1.12. The van der Waals surface area contributed by atoms with Gasteiger partial charge in [0.05, 0.1) is 0 Å². The van der Waals surface area contributed by atoms with Crippen LogP contribution in [-0.4, -0.2) is 49.3 Å². The molecule has 2 bridgehead atoms. The van der Waals surface area contributed by atoms with E-state index in [1.54, 1.807) is 0 Å². The molecule has 0 spiro atoms. The molecular formula is C10H14CaO2. The molecule has 2 saturated carbocycles. The van der Waals surface area contributed by atoms with Gasteiger partial charge < -0.3 is 0 Å². The molecule has 0 aliphatic heterocycles. The summed E-state index contributed by atoms with van der Waals surface area (Å²) in [7, 11) is 0. The van der Waals surface area contributed by atoms with Crippen LogP contribution in [0.1, 0.15) is 33.6 Å². The minimum Gasteiger partial charge on any atom is -0.291 e. The molecule has 2 atom stereocenters. The summed E-state index contributed by atoms with van der Waals surface area (Å²) >= 11 is 0. The summed E-state index contributed by atoms with van der Waals surface area (Å²) in [6.45, 7) is 6.04. The molecule has 2 aliphatic rings. The van der Waals surface area contributed by atoms with Gasteiger partial charge in [0.25, 0.3) is 0 Å². The monoisotopic (exact) mass is 206 g/mol. The average molecular weight is 206 g/mol. The summed E-state index contributed by atoms with van der Waals surface area (Å²) in [6, 6.07) is 0. The third-order valence-corrected chi connectivity index (χ3v) is 4.27. The first-order valence-corrected chi connectivity index (χ1v) is 4.50. The number of rotatable bonds is 0. The van der Waals surface area contributed by atoms with Crippen LogP contribution in [0.4, 0.5) is 0 Å². The van der Waals surface area contributed by atoms with Gasteiger partial charge in [-0.1, -0.05) is 20.8 Å². The topological polar surface area (TPSA) is 34.1 Å². The second-order valence-corrected chi connectivity index (χ2v) is 4.84. The summed E-state index contributed by atoms with van der Waals surface area (Å²) in [4.78, 5) is 23.0. The van der Waals surface area contributed by atoms with Crippen LogP contribution in [0.3, 0.4) is 0 Å². The zero-order chi connectivity index (χ0) is 9.15. The average Bonchev–Trinajstić information content (AvgIpc) is 2.26. The molecule has 0 heterocycles. The molecule has 2 rings (SSSR count). The van der Waals surface area contributed by atoms with Crippen molar-refractivity contribution in [2.75, 3.05) is 0 Å². The van der Waals surface area contributed by atoms with Crippen LogP contribution in [0.25, 0.3) is 0 Å². The maximum Gasteiger partial charge on any atom is 0.205 e. The summed E-state index contributed by atoms with van der Waals surface area (Å²) in [5, 5.41) is 0. The predicted octanol–water partition coefficient (Wildman–Crippen LogP) is 1.20. The van der Waals surface area contributed by atoms with Gasteiger partial charge in [0.2, 0.25) is 11.6 Å². The van der Waals surface area contributed by atoms with E-state index in [1.165, 1.54) is 0 Å². The molecule has 2 nitrogen and oxygen atoms in total. The van der Waals surface area contributed by atoms with E-state index in [0.717, 1.165) is 12.8 Å². The number of Topliss-reactive ketones (excluding diaryl/α,β-unsaturated/α-hetero) is 2. The van der Waals surface area contributed by atoms with Crippen molar-refractivity contribution in [1.29, 1.82) is 0 Å². The zero-order valence-corrected chi connectivity index (χ0v) is 10.7. The van der Waals surface area contributed by atoms with Crippen molar-refractivity contribution in [1.82, 2.24) is 0 Å². The van der Waals surface area contributed by atoms with Crippen molar-refractivity contribution in [3.05, 3.63) is 0 Å². The van der Waals surface area contributed by atoms with Crippen molar-refractivity contribution in [2.45, 2.75) is 33.6 Å². The van der Waals surface area contributed by atoms with E-state index >= 15 is 0 Å². The van der Waals surface area contributed by atoms with Crippen LogP contribution < -0.4 is 0 Å². The SMILES string of the molecule is CC12CCC(C(=O)C1=O)C2(C)C.[Ca]. The molecule has 0 aromatic carbocycles. The quantitative estimate of drug-likeness (QED) is 0.441. The minimum atomic E-state index is -0.352. The Kier molecular flexibility index (Phi) is 2.73. The number of carbonyl (C=O) groups is 2. The van der Waals surface area contributed by atoms with Crippen molar-refractivity contribution >= 4 is 49.3 Å². The Balaban J connectivity index is 0.000000845. The first kappa shape index (κ1) is 11.7. The van der Waals surface area contributed by atoms with E-state index in [-0.39, 0.29) is 66.1 Å². The van der Waals surface area contributed by atoms with Gasteiger partial charge in [0, 0.05) is 49.1 Å². The molecule has 0 N–H and O–H groups in total. The Labute approximate surface area is 108 Å². The van der Waals surface area contributed by atoms with E-state index in [2.05, 4.69) is 0 Å². The van der Waals surface area contributed by atoms with Gasteiger partial charge in [-0.3, -0.25) is 9.59 Å². The number of fused-ring (bicyclic) bond motifs is 2. The standard InChI is InChI=1S/C10H14O2.Ca/c1-9(2)6-4-5-10(9,3)8(12)7(6)11;/h6H,4-5H2,1-3H3;. The van der Waals surface area contributed by atoms with Crippen LogP contribution >= 0.6 is 0 Å². The minimum absolute atomic E-state index is 0. The largest absolute Gasteiger partial charge is 0.291 e. The number of hydrogen-bond donors (Lipinski definition) is 0. The first-order valence-electron chi connectivity index (χ1n) is 4.50. The van der Waals surface area contributed by atoms with Crippen molar-refractivity contribution in [2.24, 2.45) is 16.7 Å². The molecule has 0 aromatic rings. The van der Waals surface area contributed by atoms with Crippen LogP contribution in [0.2, 0.25) is 0 Å². The number of hydrogen-bond acceptors (Lipinski definition) is 2. The van der Waals surface area contributed by atoms with Crippen molar-refractivity contribution in [3.63, 3.8) is 0 Å². The van der Waals surface area contributed by atoms with Crippen LogP contribution in [0.5, 0.6) is 0 Å². The molecule has 68 valence electrons. The van der Waals surface area contributed by atoms with Gasteiger partial charge >= 0.3 is 0 Å². The molecule has 0 amide bonds. The number of carbonyl (C=O) groups excluding carboxylic acids is 2. The fourth-order valence-electron chi connectivity index (χ4n) is 2.80. The third-order valence-electron chi connectivity index (χ3n) is 4.27. The maximum absolute atomic E-state index is 11.6. The van der Waals surface area contributed by atoms with Crippen LogP contribution in [-0.2, 0) is 9.59 Å². The normalized spacial score (nSPS) is 40.7. The first-order chi connectivity index (χ1) is 5.41. The van der Waals surface area contributed by atoms with E-state index in [4.69, 9.17) is 0 Å². The summed E-state index contributed by atoms with van der Waals surface area (Å²) < 4.78 is 0. The Hall–Kier alpha value is 0.600. The van der Waals surface area contributed by atoms with Gasteiger partial charge in [0.1, 0.15) is 0 Å². The fourth-order valence-corrected chi connectivity index (χ4v) is 2.80. The molecule has 2 aliphatic carbocycles. The van der Waals surface area contributed by atoms with Gasteiger partial charge in [-0.25, -0.2) is 0 Å². The summed E-state index contributed by atoms with van der Waals surface area (Å²) in [5.41, 5.74) is -0.448. The van der Waals surface area contributed by atoms with E-state index < -0.39 is 0 Å². The Bertz CT molecular complexity index is 283. The molecule has 2 fully saturated rings. The Morgan fingerprint density at radius 2 is 1.77 bits per heavy atom. The molecule has 3 heteroatoms. The van der Waals surface area contributed by atoms with E-state index in [1.807, 2.05) is 20.8 Å². The van der Waals surface area contributed by atoms with Gasteiger partial charge in [-0.05, 0) is 18.3 Å². The Morgan fingerprint density at radius 3 is 2.00 bits per heavy atom. The summed E-state index contributed by atoms with van der Waals surface area (Å²) in [5.74, 6) is -0.229. The second-order valence-electron chi connectivity index (χ2n) is 4.84. The Morgan fingerprint density at radius 1 is 1.23 bits per heavy atom. The van der Waals surface area contributed by atoms with Gasteiger partial charge in [-0.15, -0.1) is 0 Å². The second kappa shape index (κ2) is 3.04. The smallest absolute Gasteiger partial charge is 0.205 e. The van der Waals surface area contributed by atoms with Gasteiger partial charge in [-0.2, -0.15) is 0 Å². The molecule has 2 unspecified atom stereocenters. The van der Waals surface area contributed by atoms with E-state index in [9.17, 15) is 9.59 Å². The van der Waals surface area contributed by atoms with Crippen molar-refractivity contribution < 1.29 is 9.59 Å². The molecule has 0 saturated heterocycles. The fraction of sp³-hybridized carbons (Fsp3) is 0.800. The molecule has 13 heavy (non-hydrogen) atoms. The van der Waals surface area contributed by atoms with Crippen LogP contribution in [0.15, 0.2) is 0 Å². The predicted molar refractivity (Wildman–Crippen MR) is 50.4 cm³/mol.